The molecule has 22 heavy (non-hydrogen) atoms. The standard InChI is InChI=1S/C13H25N5O3.ClH/c1-3-16(4-2)13(21)18-7-5-17(6-8-18)12(20)10(14)9-11(15)19;/h10H,3-9,14H2,1-2H3,(H2,15,19);1H. The SMILES string of the molecule is CCN(CC)C(=O)N1CCN(C(=O)C(N)CC(N)=O)CC1.Cl. The number of piperazine rings is 1. The normalized spacial score (nSPS) is 15.8. The van der Waals surface area contributed by atoms with Gasteiger partial charge in [0.2, 0.25) is 11.8 Å². The number of primary amides is 1. The highest BCUT2D eigenvalue weighted by Gasteiger charge is 2.29. The van der Waals surface area contributed by atoms with Crippen LogP contribution in [0.25, 0.3) is 0 Å². The van der Waals surface area contributed by atoms with Gasteiger partial charge >= 0.3 is 6.03 Å². The highest BCUT2D eigenvalue weighted by atomic mass is 35.5. The number of carbonyl (C=O) groups excluding carboxylic acids is 3. The maximum atomic E-state index is 12.2. The maximum Gasteiger partial charge on any atom is 0.320 e. The highest BCUT2D eigenvalue weighted by molar-refractivity contribution is 5.87. The second-order valence-corrected chi connectivity index (χ2v) is 5.04. The Labute approximate surface area is 137 Å². The van der Waals surface area contributed by atoms with E-state index in [0.717, 1.165) is 0 Å². The Bertz CT molecular complexity index is 395. The first-order chi connectivity index (χ1) is 9.90. The average Bonchev–Trinajstić information content (AvgIpc) is 2.47. The zero-order valence-electron chi connectivity index (χ0n) is 13.2. The molecule has 0 saturated carbocycles. The van der Waals surface area contributed by atoms with Crippen LogP contribution in [0.4, 0.5) is 4.79 Å². The third-order valence-corrected chi connectivity index (χ3v) is 3.63. The molecule has 1 unspecified atom stereocenters. The van der Waals surface area contributed by atoms with Gasteiger partial charge in [-0.1, -0.05) is 0 Å². The number of halogens is 1. The van der Waals surface area contributed by atoms with Gasteiger partial charge in [0.1, 0.15) is 0 Å². The number of urea groups is 1. The van der Waals surface area contributed by atoms with E-state index in [2.05, 4.69) is 0 Å². The first-order valence-electron chi connectivity index (χ1n) is 7.27. The second-order valence-electron chi connectivity index (χ2n) is 5.04. The van der Waals surface area contributed by atoms with E-state index in [1.807, 2.05) is 13.8 Å². The molecule has 1 atom stereocenters. The van der Waals surface area contributed by atoms with Gasteiger partial charge in [0.15, 0.2) is 0 Å². The van der Waals surface area contributed by atoms with Crippen LogP contribution in [0.2, 0.25) is 0 Å². The molecule has 128 valence electrons. The fourth-order valence-corrected chi connectivity index (χ4v) is 2.35. The molecule has 0 aromatic rings. The van der Waals surface area contributed by atoms with Gasteiger partial charge in [-0.15, -0.1) is 12.4 Å². The Hall–Kier alpha value is -1.54. The second kappa shape index (κ2) is 9.47. The summed E-state index contributed by atoms with van der Waals surface area (Å²) in [7, 11) is 0. The number of hydrogen-bond acceptors (Lipinski definition) is 4. The average molecular weight is 336 g/mol. The number of nitrogens with two attached hydrogens (primary N) is 2. The lowest BCUT2D eigenvalue weighted by atomic mass is 10.1. The summed E-state index contributed by atoms with van der Waals surface area (Å²) in [5.74, 6) is -0.880. The van der Waals surface area contributed by atoms with Crippen molar-refractivity contribution in [1.29, 1.82) is 0 Å². The minimum Gasteiger partial charge on any atom is -0.370 e. The quantitative estimate of drug-likeness (QED) is 0.686. The number of amides is 4. The molecule has 4 N–H and O–H groups in total. The molecule has 9 heteroatoms. The molecule has 0 spiro atoms. The van der Waals surface area contributed by atoms with Crippen LogP contribution in [0, 0.1) is 0 Å². The molecule has 1 aliphatic heterocycles. The summed E-state index contributed by atoms with van der Waals surface area (Å²) in [6, 6.07) is -0.902. The van der Waals surface area contributed by atoms with Crippen LogP contribution in [0.15, 0.2) is 0 Å². The van der Waals surface area contributed by atoms with Crippen LogP contribution in [0.5, 0.6) is 0 Å². The van der Waals surface area contributed by atoms with Crippen molar-refractivity contribution in [3.8, 4) is 0 Å². The number of carbonyl (C=O) groups is 3. The van der Waals surface area contributed by atoms with Crippen LogP contribution in [-0.2, 0) is 9.59 Å². The van der Waals surface area contributed by atoms with Crippen molar-refractivity contribution in [1.82, 2.24) is 14.7 Å². The van der Waals surface area contributed by atoms with Crippen molar-refractivity contribution in [2.45, 2.75) is 26.3 Å². The molecule has 1 rings (SSSR count). The van der Waals surface area contributed by atoms with Gasteiger partial charge < -0.3 is 26.2 Å². The van der Waals surface area contributed by atoms with Crippen LogP contribution < -0.4 is 11.5 Å². The van der Waals surface area contributed by atoms with E-state index in [9.17, 15) is 14.4 Å². The van der Waals surface area contributed by atoms with Crippen molar-refractivity contribution in [2.24, 2.45) is 11.5 Å². The Kier molecular flexibility index (Phi) is 8.81. The number of hydrogen-bond donors (Lipinski definition) is 2. The smallest absolute Gasteiger partial charge is 0.320 e. The van der Waals surface area contributed by atoms with Gasteiger partial charge in [-0.25, -0.2) is 4.79 Å². The van der Waals surface area contributed by atoms with E-state index in [0.29, 0.717) is 39.3 Å². The zero-order valence-corrected chi connectivity index (χ0v) is 14.0. The predicted octanol–water partition coefficient (Wildman–Crippen LogP) is -0.783. The predicted molar refractivity (Wildman–Crippen MR) is 85.5 cm³/mol. The summed E-state index contributed by atoms with van der Waals surface area (Å²) in [6.45, 7) is 7.01. The molecule has 0 aromatic carbocycles. The van der Waals surface area contributed by atoms with Crippen LogP contribution in [0.3, 0.4) is 0 Å². The van der Waals surface area contributed by atoms with E-state index in [4.69, 9.17) is 11.5 Å². The first-order valence-corrected chi connectivity index (χ1v) is 7.27. The summed E-state index contributed by atoms with van der Waals surface area (Å²) >= 11 is 0. The lowest BCUT2D eigenvalue weighted by Crippen LogP contribution is -2.56. The van der Waals surface area contributed by atoms with Crippen molar-refractivity contribution >= 4 is 30.3 Å². The third kappa shape index (κ3) is 5.34. The molecular formula is C13H26ClN5O3. The molecule has 1 aliphatic rings. The molecule has 1 fully saturated rings. The van der Waals surface area contributed by atoms with Crippen molar-refractivity contribution in [3.05, 3.63) is 0 Å². The third-order valence-electron chi connectivity index (χ3n) is 3.63. The minimum atomic E-state index is -0.896. The molecular weight excluding hydrogens is 310 g/mol. The molecule has 0 aliphatic carbocycles. The van der Waals surface area contributed by atoms with E-state index < -0.39 is 11.9 Å². The molecule has 4 amide bonds. The summed E-state index contributed by atoms with van der Waals surface area (Å²) in [5, 5.41) is 0. The molecule has 1 saturated heterocycles. The topological polar surface area (TPSA) is 113 Å². The van der Waals surface area contributed by atoms with Gasteiger partial charge in [0, 0.05) is 39.3 Å². The van der Waals surface area contributed by atoms with Gasteiger partial charge in [-0.3, -0.25) is 9.59 Å². The lowest BCUT2D eigenvalue weighted by Gasteiger charge is -2.37. The van der Waals surface area contributed by atoms with Crippen molar-refractivity contribution in [2.75, 3.05) is 39.3 Å². The Morgan fingerprint density at radius 3 is 1.91 bits per heavy atom. The first kappa shape index (κ1) is 20.5. The van der Waals surface area contributed by atoms with Gasteiger partial charge in [0.25, 0.3) is 0 Å². The van der Waals surface area contributed by atoms with Crippen LogP contribution in [0.1, 0.15) is 20.3 Å². The fourth-order valence-electron chi connectivity index (χ4n) is 2.35. The van der Waals surface area contributed by atoms with Gasteiger partial charge in [-0.05, 0) is 13.8 Å². The summed E-state index contributed by atoms with van der Waals surface area (Å²) in [5.41, 5.74) is 10.7. The molecule has 1 heterocycles. The zero-order chi connectivity index (χ0) is 16.0. The Morgan fingerprint density at radius 1 is 1.05 bits per heavy atom. The highest BCUT2D eigenvalue weighted by Crippen LogP contribution is 2.08. The van der Waals surface area contributed by atoms with Crippen LogP contribution >= 0.6 is 12.4 Å². The van der Waals surface area contributed by atoms with E-state index in [-0.39, 0.29) is 30.8 Å². The lowest BCUT2D eigenvalue weighted by molar-refractivity contribution is -0.136. The Morgan fingerprint density at radius 2 is 1.50 bits per heavy atom. The van der Waals surface area contributed by atoms with Gasteiger partial charge in [-0.2, -0.15) is 0 Å². The summed E-state index contributed by atoms with van der Waals surface area (Å²) < 4.78 is 0. The maximum absolute atomic E-state index is 12.2. The van der Waals surface area contributed by atoms with Crippen LogP contribution in [-0.4, -0.2) is 77.9 Å². The van der Waals surface area contributed by atoms with E-state index in [1.165, 1.54) is 0 Å². The molecule has 0 radical (unpaired) electrons. The van der Waals surface area contributed by atoms with E-state index >= 15 is 0 Å². The van der Waals surface area contributed by atoms with Crippen molar-refractivity contribution in [3.63, 3.8) is 0 Å². The number of rotatable bonds is 5. The largest absolute Gasteiger partial charge is 0.370 e. The minimum absolute atomic E-state index is 0. The summed E-state index contributed by atoms with van der Waals surface area (Å²) in [6.07, 6.45) is -0.155. The fraction of sp³-hybridized carbons (Fsp3) is 0.769. The molecule has 0 aromatic heterocycles. The van der Waals surface area contributed by atoms with E-state index in [1.54, 1.807) is 14.7 Å². The Balaban J connectivity index is 0.00000441. The number of nitrogens with zero attached hydrogens (tertiary/aromatic N) is 3. The van der Waals surface area contributed by atoms with Crippen molar-refractivity contribution < 1.29 is 14.4 Å². The summed E-state index contributed by atoms with van der Waals surface area (Å²) in [4.78, 5) is 40.1. The van der Waals surface area contributed by atoms with Gasteiger partial charge in [0.05, 0.1) is 12.5 Å². The molecule has 8 nitrogen and oxygen atoms in total. The monoisotopic (exact) mass is 335 g/mol. The molecule has 0 bridgehead atoms.